The number of carboxylic acids is 1. The number of aryl methyl sites for hydroxylation is 1. The van der Waals surface area contributed by atoms with E-state index in [0.717, 1.165) is 16.8 Å². The van der Waals surface area contributed by atoms with Crippen LogP contribution in [0.1, 0.15) is 32.8 Å². The highest BCUT2D eigenvalue weighted by molar-refractivity contribution is 5.68. The van der Waals surface area contributed by atoms with E-state index in [4.69, 9.17) is 5.11 Å². The molecule has 0 atom stereocenters. The standard InChI is InChI=1S/C16H20N2O2/c1-16(2,3)18-11-13(9-10-14(19)20)15(17-18)12-7-5-4-6-8-12/h4-8,11H,9-10H2,1-3H3,(H,19,20). The number of nitrogens with zero attached hydrogens (tertiary/aromatic N) is 2. The summed E-state index contributed by atoms with van der Waals surface area (Å²) in [5, 5.41) is 13.5. The Morgan fingerprint density at radius 3 is 2.45 bits per heavy atom. The molecule has 4 heteroatoms. The highest BCUT2D eigenvalue weighted by atomic mass is 16.4. The monoisotopic (exact) mass is 272 g/mol. The van der Waals surface area contributed by atoms with Crippen molar-refractivity contribution in [2.75, 3.05) is 0 Å². The molecule has 4 nitrogen and oxygen atoms in total. The number of hydrogen-bond donors (Lipinski definition) is 1. The average molecular weight is 272 g/mol. The van der Waals surface area contributed by atoms with Crippen LogP contribution in [0.25, 0.3) is 11.3 Å². The zero-order valence-electron chi connectivity index (χ0n) is 12.1. The Bertz CT molecular complexity index is 595. The summed E-state index contributed by atoms with van der Waals surface area (Å²) in [6.45, 7) is 6.24. The minimum atomic E-state index is -0.785. The number of aliphatic carboxylic acids is 1. The molecule has 0 spiro atoms. The lowest BCUT2D eigenvalue weighted by Crippen LogP contribution is -2.22. The molecule has 1 N–H and O–H groups in total. The van der Waals surface area contributed by atoms with Gasteiger partial charge in [0.1, 0.15) is 0 Å². The number of rotatable bonds is 4. The Balaban J connectivity index is 2.42. The van der Waals surface area contributed by atoms with Crippen LogP contribution < -0.4 is 0 Å². The molecule has 0 aliphatic rings. The van der Waals surface area contributed by atoms with Crippen molar-refractivity contribution >= 4 is 5.97 Å². The van der Waals surface area contributed by atoms with E-state index in [-0.39, 0.29) is 12.0 Å². The van der Waals surface area contributed by atoms with Gasteiger partial charge in [-0.3, -0.25) is 9.48 Å². The van der Waals surface area contributed by atoms with E-state index in [1.807, 2.05) is 41.2 Å². The molecule has 0 saturated heterocycles. The van der Waals surface area contributed by atoms with Crippen molar-refractivity contribution in [1.82, 2.24) is 9.78 Å². The molecule has 1 aromatic carbocycles. The van der Waals surface area contributed by atoms with Gasteiger partial charge in [0.2, 0.25) is 0 Å². The summed E-state index contributed by atoms with van der Waals surface area (Å²) in [6.07, 6.45) is 2.58. The zero-order valence-corrected chi connectivity index (χ0v) is 12.1. The van der Waals surface area contributed by atoms with Crippen molar-refractivity contribution in [3.63, 3.8) is 0 Å². The number of hydrogen-bond acceptors (Lipinski definition) is 2. The summed E-state index contributed by atoms with van der Waals surface area (Å²) in [4.78, 5) is 10.8. The fraction of sp³-hybridized carbons (Fsp3) is 0.375. The molecule has 0 saturated carbocycles. The predicted octanol–water partition coefficient (Wildman–Crippen LogP) is 3.32. The van der Waals surface area contributed by atoms with Crippen LogP contribution in [-0.2, 0) is 16.8 Å². The molecule has 106 valence electrons. The maximum absolute atomic E-state index is 10.8. The second kappa shape index (κ2) is 5.49. The summed E-state index contributed by atoms with van der Waals surface area (Å²) in [6, 6.07) is 9.89. The van der Waals surface area contributed by atoms with Crippen molar-refractivity contribution in [1.29, 1.82) is 0 Å². The van der Waals surface area contributed by atoms with Crippen LogP contribution in [0.2, 0.25) is 0 Å². The van der Waals surface area contributed by atoms with E-state index in [1.165, 1.54) is 0 Å². The first kappa shape index (κ1) is 14.3. The van der Waals surface area contributed by atoms with E-state index in [0.29, 0.717) is 6.42 Å². The summed E-state index contributed by atoms with van der Waals surface area (Å²) >= 11 is 0. The van der Waals surface area contributed by atoms with Crippen LogP contribution in [0, 0.1) is 0 Å². The van der Waals surface area contributed by atoms with Crippen LogP contribution in [0.4, 0.5) is 0 Å². The molecule has 0 aliphatic heterocycles. The summed E-state index contributed by atoms with van der Waals surface area (Å²) in [5.41, 5.74) is 2.76. The fourth-order valence-electron chi connectivity index (χ4n) is 2.02. The topological polar surface area (TPSA) is 55.1 Å². The molecule has 0 amide bonds. The van der Waals surface area contributed by atoms with Crippen molar-refractivity contribution in [2.24, 2.45) is 0 Å². The largest absolute Gasteiger partial charge is 0.481 e. The lowest BCUT2D eigenvalue weighted by molar-refractivity contribution is -0.136. The third kappa shape index (κ3) is 3.26. The molecule has 0 fully saturated rings. The zero-order chi connectivity index (χ0) is 14.8. The third-order valence-corrected chi connectivity index (χ3v) is 3.13. The number of carboxylic acid groups (broad SMARTS) is 1. The Kier molecular flexibility index (Phi) is 3.93. The smallest absolute Gasteiger partial charge is 0.303 e. The summed E-state index contributed by atoms with van der Waals surface area (Å²) in [7, 11) is 0. The lowest BCUT2D eigenvalue weighted by Gasteiger charge is -2.18. The summed E-state index contributed by atoms with van der Waals surface area (Å²) in [5.74, 6) is -0.785. The summed E-state index contributed by atoms with van der Waals surface area (Å²) < 4.78 is 1.91. The highest BCUT2D eigenvalue weighted by Gasteiger charge is 2.19. The fourth-order valence-corrected chi connectivity index (χ4v) is 2.02. The van der Waals surface area contributed by atoms with Crippen LogP contribution in [0.3, 0.4) is 0 Å². The van der Waals surface area contributed by atoms with E-state index in [1.54, 1.807) is 0 Å². The van der Waals surface area contributed by atoms with Gasteiger partial charge in [-0.1, -0.05) is 30.3 Å². The SMILES string of the molecule is CC(C)(C)n1cc(CCC(=O)O)c(-c2ccccc2)n1. The van der Waals surface area contributed by atoms with Crippen molar-refractivity contribution < 1.29 is 9.90 Å². The predicted molar refractivity (Wildman–Crippen MR) is 78.6 cm³/mol. The molecule has 2 aromatic rings. The first-order valence-corrected chi connectivity index (χ1v) is 6.74. The Morgan fingerprint density at radius 2 is 1.90 bits per heavy atom. The second-order valence-electron chi connectivity index (χ2n) is 5.88. The van der Waals surface area contributed by atoms with Crippen molar-refractivity contribution in [3.8, 4) is 11.3 Å². The van der Waals surface area contributed by atoms with E-state index >= 15 is 0 Å². The van der Waals surface area contributed by atoms with Gasteiger partial charge < -0.3 is 5.11 Å². The first-order chi connectivity index (χ1) is 9.38. The van der Waals surface area contributed by atoms with Crippen LogP contribution in [0.5, 0.6) is 0 Å². The van der Waals surface area contributed by atoms with Crippen LogP contribution in [-0.4, -0.2) is 20.9 Å². The van der Waals surface area contributed by atoms with Gasteiger partial charge in [-0.2, -0.15) is 5.10 Å². The molecule has 20 heavy (non-hydrogen) atoms. The van der Waals surface area contributed by atoms with E-state index in [9.17, 15) is 4.79 Å². The average Bonchev–Trinajstić information content (AvgIpc) is 2.81. The second-order valence-corrected chi connectivity index (χ2v) is 5.88. The Labute approximate surface area is 119 Å². The van der Waals surface area contributed by atoms with E-state index in [2.05, 4.69) is 25.9 Å². The maximum atomic E-state index is 10.8. The normalized spacial score (nSPS) is 11.6. The van der Waals surface area contributed by atoms with E-state index < -0.39 is 5.97 Å². The minimum Gasteiger partial charge on any atom is -0.481 e. The van der Waals surface area contributed by atoms with Gasteiger partial charge in [0.15, 0.2) is 0 Å². The first-order valence-electron chi connectivity index (χ1n) is 6.74. The number of aromatic nitrogens is 2. The number of carbonyl (C=O) groups is 1. The Hall–Kier alpha value is -2.10. The van der Waals surface area contributed by atoms with Gasteiger partial charge in [-0.25, -0.2) is 0 Å². The highest BCUT2D eigenvalue weighted by Crippen LogP contribution is 2.26. The van der Waals surface area contributed by atoms with Crippen molar-refractivity contribution in [2.45, 2.75) is 39.2 Å². The van der Waals surface area contributed by atoms with Crippen LogP contribution in [0.15, 0.2) is 36.5 Å². The van der Waals surface area contributed by atoms with Gasteiger partial charge >= 0.3 is 5.97 Å². The molecule has 0 radical (unpaired) electrons. The third-order valence-electron chi connectivity index (χ3n) is 3.13. The van der Waals surface area contributed by atoms with Gasteiger partial charge in [-0.15, -0.1) is 0 Å². The molecule has 1 aromatic heterocycles. The molecule has 1 heterocycles. The van der Waals surface area contributed by atoms with Gasteiger partial charge in [0.25, 0.3) is 0 Å². The molecular weight excluding hydrogens is 252 g/mol. The Morgan fingerprint density at radius 1 is 1.25 bits per heavy atom. The molecule has 0 aliphatic carbocycles. The lowest BCUT2D eigenvalue weighted by atomic mass is 10.0. The minimum absolute atomic E-state index is 0.120. The molecule has 0 unspecified atom stereocenters. The van der Waals surface area contributed by atoms with Crippen molar-refractivity contribution in [3.05, 3.63) is 42.1 Å². The molecule has 2 rings (SSSR count). The van der Waals surface area contributed by atoms with Crippen LogP contribution >= 0.6 is 0 Å². The van der Waals surface area contributed by atoms with Gasteiger partial charge in [0.05, 0.1) is 11.2 Å². The quantitative estimate of drug-likeness (QED) is 0.928. The molecule has 0 bridgehead atoms. The van der Waals surface area contributed by atoms with Gasteiger partial charge in [-0.05, 0) is 32.8 Å². The maximum Gasteiger partial charge on any atom is 0.303 e. The number of benzene rings is 1. The van der Waals surface area contributed by atoms with Gasteiger partial charge in [0, 0.05) is 18.2 Å². The molecular formula is C16H20N2O2.